The molecule has 1 aromatic carbocycles. The summed E-state index contributed by atoms with van der Waals surface area (Å²) in [6.07, 6.45) is 5.12. The Hall–Kier alpha value is -2.78. The molecular weight excluding hydrogens is 452 g/mol. The molecule has 1 atom stereocenters. The van der Waals surface area contributed by atoms with Gasteiger partial charge in [-0.2, -0.15) is 4.31 Å². The lowest BCUT2D eigenvalue weighted by atomic mass is 9.97. The fraction of sp³-hybridized carbons (Fsp3) is 0.480. The molecule has 1 N–H and O–H groups in total. The molecule has 2 aromatic rings. The maximum Gasteiger partial charge on any atom is 0.243 e. The van der Waals surface area contributed by atoms with Crippen LogP contribution in [0.25, 0.3) is 0 Å². The highest BCUT2D eigenvalue weighted by atomic mass is 32.2. The van der Waals surface area contributed by atoms with Crippen molar-refractivity contribution in [1.82, 2.24) is 9.29 Å². The van der Waals surface area contributed by atoms with Gasteiger partial charge in [-0.25, -0.2) is 13.4 Å². The number of rotatable bonds is 5. The van der Waals surface area contributed by atoms with Gasteiger partial charge in [0.15, 0.2) is 0 Å². The number of hydrogen-bond donors (Lipinski definition) is 1. The molecule has 2 amide bonds. The monoisotopic (exact) mass is 482 g/mol. The number of carbonyl (C=O) groups excluding carboxylic acids is 2. The van der Waals surface area contributed by atoms with Crippen LogP contribution in [0, 0.1) is 18.8 Å². The summed E-state index contributed by atoms with van der Waals surface area (Å²) in [4.78, 5) is 31.6. The van der Waals surface area contributed by atoms with Crippen molar-refractivity contribution >= 4 is 33.3 Å². The number of fused-ring (bicyclic) bond motifs is 1. The molecule has 1 aromatic heterocycles. The van der Waals surface area contributed by atoms with Crippen LogP contribution in [0.2, 0.25) is 0 Å². The first-order chi connectivity index (χ1) is 16.2. The number of benzene rings is 1. The number of carbonyl (C=O) groups is 2. The van der Waals surface area contributed by atoms with E-state index in [1.165, 1.54) is 4.31 Å². The SMILES string of the molecule is Cc1ccnc(NC(=O)C2CCN(S(=O)(=O)c3ccc4c(c3)C[C@H](C)N4C(=O)C3CC3)CC2)c1. The van der Waals surface area contributed by atoms with E-state index in [-0.39, 0.29) is 34.6 Å². The molecular formula is C25H30N4O4S. The molecule has 0 bridgehead atoms. The highest BCUT2D eigenvalue weighted by molar-refractivity contribution is 7.89. The van der Waals surface area contributed by atoms with Crippen molar-refractivity contribution in [3.05, 3.63) is 47.7 Å². The molecule has 34 heavy (non-hydrogen) atoms. The fourth-order valence-electron chi connectivity index (χ4n) is 4.97. The average Bonchev–Trinajstić information content (AvgIpc) is 3.60. The van der Waals surface area contributed by atoms with Gasteiger partial charge in [-0.15, -0.1) is 0 Å². The fourth-order valence-corrected chi connectivity index (χ4v) is 6.49. The lowest BCUT2D eigenvalue weighted by molar-refractivity contribution is -0.121. The van der Waals surface area contributed by atoms with Crippen molar-refractivity contribution < 1.29 is 18.0 Å². The molecule has 0 unspecified atom stereocenters. The van der Waals surface area contributed by atoms with Gasteiger partial charge in [-0.05, 0) is 87.4 Å². The molecule has 0 radical (unpaired) electrons. The van der Waals surface area contributed by atoms with Crippen LogP contribution in [-0.4, -0.2) is 48.7 Å². The number of amides is 2. The van der Waals surface area contributed by atoms with E-state index in [0.717, 1.165) is 29.7 Å². The molecule has 3 aliphatic rings. The normalized spacial score (nSPS) is 21.4. The minimum Gasteiger partial charge on any atom is -0.310 e. The lowest BCUT2D eigenvalue weighted by Gasteiger charge is -2.30. The van der Waals surface area contributed by atoms with Crippen molar-refractivity contribution in [1.29, 1.82) is 0 Å². The number of aromatic nitrogens is 1. The summed E-state index contributed by atoms with van der Waals surface area (Å²) in [6, 6.07) is 8.83. The smallest absolute Gasteiger partial charge is 0.243 e. The largest absolute Gasteiger partial charge is 0.310 e. The Morgan fingerprint density at radius 3 is 2.44 bits per heavy atom. The van der Waals surface area contributed by atoms with Gasteiger partial charge in [0.1, 0.15) is 5.82 Å². The van der Waals surface area contributed by atoms with Gasteiger partial charge in [0.25, 0.3) is 0 Å². The maximum atomic E-state index is 13.3. The summed E-state index contributed by atoms with van der Waals surface area (Å²) >= 11 is 0. The second-order valence-corrected chi connectivity index (χ2v) is 11.7. The van der Waals surface area contributed by atoms with E-state index in [1.54, 1.807) is 24.4 Å². The number of aryl methyl sites for hydroxylation is 1. The third-order valence-corrected chi connectivity index (χ3v) is 8.95. The van der Waals surface area contributed by atoms with Crippen molar-refractivity contribution in [3.63, 3.8) is 0 Å². The molecule has 0 spiro atoms. The standard InChI is InChI=1S/C25H30N4O4S/c1-16-7-10-26-23(13-16)27-24(30)18-8-11-28(12-9-18)34(32,33)21-5-6-22-20(15-21)14-17(2)29(22)25(31)19-3-4-19/h5-7,10,13,15,17-19H,3-4,8-9,11-12,14H2,1-2H3,(H,26,27,30)/t17-/m0/s1. The zero-order chi connectivity index (χ0) is 24.0. The van der Waals surface area contributed by atoms with Gasteiger partial charge in [-0.3, -0.25) is 9.59 Å². The lowest BCUT2D eigenvalue weighted by Crippen LogP contribution is -2.41. The van der Waals surface area contributed by atoms with Gasteiger partial charge in [0.2, 0.25) is 21.8 Å². The molecule has 1 saturated heterocycles. The second-order valence-electron chi connectivity index (χ2n) is 9.71. The Balaban J connectivity index is 1.25. The van der Waals surface area contributed by atoms with Crippen LogP contribution in [0.1, 0.15) is 43.7 Å². The number of piperidine rings is 1. The summed E-state index contributed by atoms with van der Waals surface area (Å²) < 4.78 is 28.2. The summed E-state index contributed by atoms with van der Waals surface area (Å²) in [5.74, 6) is 0.417. The number of hydrogen-bond acceptors (Lipinski definition) is 5. The highest BCUT2D eigenvalue weighted by Crippen LogP contribution is 2.40. The predicted octanol–water partition coefficient (Wildman–Crippen LogP) is 3.12. The minimum atomic E-state index is -3.67. The first-order valence-electron chi connectivity index (χ1n) is 11.9. The summed E-state index contributed by atoms with van der Waals surface area (Å²) in [5.41, 5.74) is 2.75. The number of nitrogens with one attached hydrogen (secondary N) is 1. The van der Waals surface area contributed by atoms with Crippen molar-refractivity contribution in [2.24, 2.45) is 11.8 Å². The topological polar surface area (TPSA) is 99.7 Å². The van der Waals surface area contributed by atoms with Crippen LogP contribution in [-0.2, 0) is 26.0 Å². The van der Waals surface area contributed by atoms with Gasteiger partial charge in [0.05, 0.1) is 4.90 Å². The Morgan fingerprint density at radius 1 is 1.03 bits per heavy atom. The van der Waals surface area contributed by atoms with E-state index in [0.29, 0.717) is 38.2 Å². The average molecular weight is 483 g/mol. The third-order valence-electron chi connectivity index (χ3n) is 7.06. The van der Waals surface area contributed by atoms with Crippen LogP contribution in [0.3, 0.4) is 0 Å². The molecule has 2 fully saturated rings. The number of sulfonamides is 1. The van der Waals surface area contributed by atoms with Crippen LogP contribution in [0.4, 0.5) is 11.5 Å². The van der Waals surface area contributed by atoms with Crippen LogP contribution < -0.4 is 10.2 Å². The van der Waals surface area contributed by atoms with E-state index in [4.69, 9.17) is 0 Å². The van der Waals surface area contributed by atoms with Gasteiger partial charge >= 0.3 is 0 Å². The quantitative estimate of drug-likeness (QED) is 0.706. The Morgan fingerprint density at radius 2 is 1.76 bits per heavy atom. The molecule has 180 valence electrons. The molecule has 3 heterocycles. The Bertz CT molecular complexity index is 1230. The molecule has 9 heteroatoms. The van der Waals surface area contributed by atoms with E-state index >= 15 is 0 Å². The number of anilines is 2. The van der Waals surface area contributed by atoms with Crippen molar-refractivity contribution in [2.45, 2.75) is 56.9 Å². The maximum absolute atomic E-state index is 13.3. The van der Waals surface area contributed by atoms with Gasteiger partial charge in [-0.1, -0.05) is 0 Å². The Labute approximate surface area is 200 Å². The molecule has 5 rings (SSSR count). The summed E-state index contributed by atoms with van der Waals surface area (Å²) in [7, 11) is -3.67. The predicted molar refractivity (Wildman–Crippen MR) is 129 cm³/mol. The zero-order valence-electron chi connectivity index (χ0n) is 19.5. The van der Waals surface area contributed by atoms with Crippen LogP contribution in [0.5, 0.6) is 0 Å². The van der Waals surface area contributed by atoms with Crippen LogP contribution >= 0.6 is 0 Å². The van der Waals surface area contributed by atoms with Crippen molar-refractivity contribution in [2.75, 3.05) is 23.3 Å². The second kappa shape index (κ2) is 8.78. The Kier molecular flexibility index (Phi) is 5.93. The highest BCUT2D eigenvalue weighted by Gasteiger charge is 2.40. The third kappa shape index (κ3) is 4.34. The summed E-state index contributed by atoms with van der Waals surface area (Å²) in [5, 5.41) is 2.85. The molecule has 1 saturated carbocycles. The van der Waals surface area contributed by atoms with E-state index < -0.39 is 10.0 Å². The van der Waals surface area contributed by atoms with E-state index in [9.17, 15) is 18.0 Å². The zero-order valence-corrected chi connectivity index (χ0v) is 20.3. The van der Waals surface area contributed by atoms with Crippen molar-refractivity contribution in [3.8, 4) is 0 Å². The minimum absolute atomic E-state index is 0.0400. The number of pyridine rings is 1. The first-order valence-corrected chi connectivity index (χ1v) is 13.4. The van der Waals surface area contributed by atoms with Crippen LogP contribution in [0.15, 0.2) is 41.4 Å². The molecule has 1 aliphatic carbocycles. The van der Waals surface area contributed by atoms with E-state index in [1.807, 2.05) is 30.9 Å². The molecule has 8 nitrogen and oxygen atoms in total. The molecule has 2 aliphatic heterocycles. The van der Waals surface area contributed by atoms with E-state index in [2.05, 4.69) is 10.3 Å². The van der Waals surface area contributed by atoms with Gasteiger partial charge in [0, 0.05) is 42.9 Å². The first kappa shape index (κ1) is 23.0. The van der Waals surface area contributed by atoms with Gasteiger partial charge < -0.3 is 10.2 Å². The summed E-state index contributed by atoms with van der Waals surface area (Å²) in [6.45, 7) is 4.53. The number of nitrogens with zero attached hydrogens (tertiary/aromatic N) is 3.